The highest BCUT2D eigenvalue weighted by atomic mass is 79.9. The van der Waals surface area contributed by atoms with Crippen molar-refractivity contribution in [3.63, 3.8) is 0 Å². The molecule has 176 valence electrons. The van der Waals surface area contributed by atoms with Gasteiger partial charge in [0.2, 0.25) is 0 Å². The highest BCUT2D eigenvalue weighted by molar-refractivity contribution is 9.10. The number of likely N-dealkylation sites (tertiary alicyclic amines) is 1. The Morgan fingerprint density at radius 1 is 1.03 bits per heavy atom. The summed E-state index contributed by atoms with van der Waals surface area (Å²) in [5, 5.41) is 2.73. The molecule has 6 nitrogen and oxygen atoms in total. The third kappa shape index (κ3) is 7.42. The van der Waals surface area contributed by atoms with E-state index in [0.717, 1.165) is 23.7 Å². The number of benzene rings is 2. The van der Waals surface area contributed by atoms with Crippen molar-refractivity contribution in [3.8, 4) is 0 Å². The summed E-state index contributed by atoms with van der Waals surface area (Å²) in [5.74, 6) is -0.769. The molecule has 0 radical (unpaired) electrons. The standard InChI is InChI=1S/C26H31BrN2O4/c1-18(2)24(28-25(31)21-8-10-22(27)11-9-21)26(32)33-17-23(30)29-14-12-20(13-15-29)16-19-6-4-3-5-7-19/h3-11,18,20,24H,12-17H2,1-2H3,(H,28,31). The first-order valence-corrected chi connectivity index (χ1v) is 12.2. The van der Waals surface area contributed by atoms with Crippen LogP contribution in [0.3, 0.4) is 0 Å². The Labute approximate surface area is 203 Å². The molecular formula is C26H31BrN2O4. The Hall–Kier alpha value is -2.67. The van der Waals surface area contributed by atoms with Gasteiger partial charge in [-0.1, -0.05) is 60.1 Å². The zero-order valence-corrected chi connectivity index (χ0v) is 20.7. The minimum Gasteiger partial charge on any atom is -0.454 e. The number of nitrogens with one attached hydrogen (secondary N) is 1. The van der Waals surface area contributed by atoms with E-state index in [1.165, 1.54) is 5.56 Å². The van der Waals surface area contributed by atoms with Crippen LogP contribution in [0.15, 0.2) is 59.1 Å². The molecule has 33 heavy (non-hydrogen) atoms. The molecule has 2 aromatic carbocycles. The van der Waals surface area contributed by atoms with Gasteiger partial charge in [-0.25, -0.2) is 4.79 Å². The number of hydrogen-bond donors (Lipinski definition) is 1. The number of esters is 1. The van der Waals surface area contributed by atoms with Crippen molar-refractivity contribution in [2.45, 2.75) is 39.2 Å². The quantitative estimate of drug-likeness (QED) is 0.534. The van der Waals surface area contributed by atoms with Gasteiger partial charge in [0.1, 0.15) is 6.04 Å². The number of carbonyl (C=O) groups excluding carboxylic acids is 3. The second-order valence-electron chi connectivity index (χ2n) is 8.82. The van der Waals surface area contributed by atoms with E-state index in [1.54, 1.807) is 29.2 Å². The maximum absolute atomic E-state index is 12.6. The first kappa shape index (κ1) is 25.0. The predicted molar refractivity (Wildman–Crippen MR) is 131 cm³/mol. The molecule has 1 unspecified atom stereocenters. The van der Waals surface area contributed by atoms with Crippen molar-refractivity contribution < 1.29 is 19.1 Å². The minimum absolute atomic E-state index is 0.180. The smallest absolute Gasteiger partial charge is 0.329 e. The first-order chi connectivity index (χ1) is 15.8. The van der Waals surface area contributed by atoms with Gasteiger partial charge in [0.25, 0.3) is 11.8 Å². The van der Waals surface area contributed by atoms with E-state index in [9.17, 15) is 14.4 Å². The van der Waals surface area contributed by atoms with Crippen molar-refractivity contribution in [1.82, 2.24) is 10.2 Å². The fraction of sp³-hybridized carbons (Fsp3) is 0.423. The Morgan fingerprint density at radius 3 is 2.27 bits per heavy atom. The lowest BCUT2D eigenvalue weighted by molar-refractivity contribution is -0.155. The fourth-order valence-electron chi connectivity index (χ4n) is 3.97. The number of ether oxygens (including phenoxy) is 1. The molecule has 7 heteroatoms. The molecule has 1 fully saturated rings. The number of carbonyl (C=O) groups is 3. The lowest BCUT2D eigenvalue weighted by atomic mass is 9.90. The lowest BCUT2D eigenvalue weighted by Crippen LogP contribution is -2.47. The van der Waals surface area contributed by atoms with E-state index in [-0.39, 0.29) is 24.3 Å². The molecule has 1 saturated heterocycles. The summed E-state index contributed by atoms with van der Waals surface area (Å²) in [7, 11) is 0. The van der Waals surface area contributed by atoms with Crippen LogP contribution in [0, 0.1) is 11.8 Å². The van der Waals surface area contributed by atoms with Crippen LogP contribution < -0.4 is 5.32 Å². The molecule has 0 bridgehead atoms. The average Bonchev–Trinajstić information content (AvgIpc) is 2.82. The number of amides is 2. The van der Waals surface area contributed by atoms with Crippen molar-refractivity contribution in [2.24, 2.45) is 11.8 Å². The van der Waals surface area contributed by atoms with Gasteiger partial charge in [-0.05, 0) is 60.9 Å². The van der Waals surface area contributed by atoms with E-state index in [4.69, 9.17) is 4.74 Å². The number of rotatable bonds is 8. The second kappa shape index (κ2) is 12.0. The Morgan fingerprint density at radius 2 is 1.67 bits per heavy atom. The number of hydrogen-bond acceptors (Lipinski definition) is 4. The van der Waals surface area contributed by atoms with Crippen LogP contribution in [0.4, 0.5) is 0 Å². The summed E-state index contributed by atoms with van der Waals surface area (Å²) in [6, 6.07) is 16.4. The molecule has 1 heterocycles. The van der Waals surface area contributed by atoms with Crippen LogP contribution >= 0.6 is 15.9 Å². The zero-order chi connectivity index (χ0) is 23.8. The van der Waals surface area contributed by atoms with Crippen molar-refractivity contribution in [2.75, 3.05) is 19.7 Å². The molecule has 0 aromatic heterocycles. The first-order valence-electron chi connectivity index (χ1n) is 11.4. The molecule has 1 atom stereocenters. The number of piperidine rings is 1. The Kier molecular flexibility index (Phi) is 9.06. The molecule has 0 saturated carbocycles. The summed E-state index contributed by atoms with van der Waals surface area (Å²) in [5.41, 5.74) is 1.77. The van der Waals surface area contributed by atoms with Crippen LogP contribution in [0.25, 0.3) is 0 Å². The Balaban J connectivity index is 1.45. The van der Waals surface area contributed by atoms with Gasteiger partial charge in [-0.15, -0.1) is 0 Å². The van der Waals surface area contributed by atoms with Crippen LogP contribution in [0.2, 0.25) is 0 Å². The van der Waals surface area contributed by atoms with Gasteiger partial charge in [0.05, 0.1) is 0 Å². The third-order valence-electron chi connectivity index (χ3n) is 5.99. The average molecular weight is 515 g/mol. The van der Waals surface area contributed by atoms with Gasteiger partial charge in [0, 0.05) is 23.1 Å². The van der Waals surface area contributed by atoms with Crippen LogP contribution in [-0.2, 0) is 20.7 Å². The Bertz CT molecular complexity index is 939. The van der Waals surface area contributed by atoms with E-state index in [2.05, 4.69) is 33.4 Å². The summed E-state index contributed by atoms with van der Waals surface area (Å²) in [4.78, 5) is 39.5. The molecule has 2 aromatic rings. The van der Waals surface area contributed by atoms with E-state index in [0.29, 0.717) is 24.6 Å². The molecule has 2 amide bonds. The van der Waals surface area contributed by atoms with E-state index < -0.39 is 12.0 Å². The van der Waals surface area contributed by atoms with Gasteiger partial charge in [-0.2, -0.15) is 0 Å². The fourth-order valence-corrected chi connectivity index (χ4v) is 4.24. The SMILES string of the molecule is CC(C)C(NC(=O)c1ccc(Br)cc1)C(=O)OCC(=O)N1CCC(Cc2ccccc2)CC1. The molecule has 0 spiro atoms. The van der Waals surface area contributed by atoms with Gasteiger partial charge in [-0.3, -0.25) is 9.59 Å². The molecular weight excluding hydrogens is 484 g/mol. The molecule has 1 aliphatic rings. The second-order valence-corrected chi connectivity index (χ2v) is 9.74. The summed E-state index contributed by atoms with van der Waals surface area (Å²) in [6.07, 6.45) is 2.89. The maximum Gasteiger partial charge on any atom is 0.329 e. The molecule has 1 N–H and O–H groups in total. The lowest BCUT2D eigenvalue weighted by Gasteiger charge is -2.32. The van der Waals surface area contributed by atoms with Crippen LogP contribution in [-0.4, -0.2) is 48.4 Å². The molecule has 1 aliphatic heterocycles. The maximum atomic E-state index is 12.6. The van der Waals surface area contributed by atoms with E-state index in [1.807, 2.05) is 32.0 Å². The van der Waals surface area contributed by atoms with Gasteiger partial charge in [0.15, 0.2) is 6.61 Å². The zero-order valence-electron chi connectivity index (χ0n) is 19.1. The highest BCUT2D eigenvalue weighted by Crippen LogP contribution is 2.22. The molecule has 3 rings (SSSR count). The monoisotopic (exact) mass is 514 g/mol. The normalized spacial score (nSPS) is 15.2. The third-order valence-corrected chi connectivity index (χ3v) is 6.51. The number of halogens is 1. The highest BCUT2D eigenvalue weighted by Gasteiger charge is 2.28. The molecule has 0 aliphatic carbocycles. The van der Waals surface area contributed by atoms with Crippen LogP contribution in [0.5, 0.6) is 0 Å². The van der Waals surface area contributed by atoms with E-state index >= 15 is 0 Å². The van der Waals surface area contributed by atoms with Gasteiger partial charge >= 0.3 is 5.97 Å². The van der Waals surface area contributed by atoms with Crippen molar-refractivity contribution >= 4 is 33.7 Å². The number of nitrogens with zero attached hydrogens (tertiary/aromatic N) is 1. The predicted octanol–water partition coefficient (Wildman–Crippen LogP) is 4.23. The van der Waals surface area contributed by atoms with Crippen LogP contribution in [0.1, 0.15) is 42.6 Å². The topological polar surface area (TPSA) is 75.7 Å². The largest absolute Gasteiger partial charge is 0.454 e. The van der Waals surface area contributed by atoms with Crippen molar-refractivity contribution in [3.05, 3.63) is 70.2 Å². The summed E-state index contributed by atoms with van der Waals surface area (Å²) >= 11 is 3.33. The summed E-state index contributed by atoms with van der Waals surface area (Å²) in [6.45, 7) is 4.68. The van der Waals surface area contributed by atoms with Gasteiger partial charge < -0.3 is 15.0 Å². The van der Waals surface area contributed by atoms with Crippen molar-refractivity contribution in [1.29, 1.82) is 0 Å². The summed E-state index contributed by atoms with van der Waals surface area (Å²) < 4.78 is 6.17. The minimum atomic E-state index is -0.828.